The van der Waals surface area contributed by atoms with Crippen LogP contribution in [0, 0.1) is 0 Å². The summed E-state index contributed by atoms with van der Waals surface area (Å²) < 4.78 is 17.6. The predicted molar refractivity (Wildman–Crippen MR) is 89.2 cm³/mol. The number of nitrogens with zero attached hydrogens (tertiary/aromatic N) is 2. The van der Waals surface area contributed by atoms with Crippen LogP contribution in [0.5, 0.6) is 17.2 Å². The molecule has 3 aromatic rings. The highest BCUT2D eigenvalue weighted by Crippen LogP contribution is 2.38. The van der Waals surface area contributed by atoms with E-state index in [9.17, 15) is 4.79 Å². The van der Waals surface area contributed by atoms with E-state index in [0.29, 0.717) is 28.8 Å². The van der Waals surface area contributed by atoms with Crippen LogP contribution in [0.3, 0.4) is 0 Å². The molecule has 0 bridgehead atoms. The van der Waals surface area contributed by atoms with E-state index in [0.717, 1.165) is 5.52 Å². The average molecular weight is 327 g/mol. The fourth-order valence-corrected chi connectivity index (χ4v) is 2.42. The van der Waals surface area contributed by atoms with Gasteiger partial charge in [-0.2, -0.15) is 0 Å². The normalized spacial score (nSPS) is 10.5. The van der Waals surface area contributed by atoms with E-state index >= 15 is 0 Å². The standard InChI is InChI=1S/C17H17N3O4/c1-22-13-8-11(9-14(23-2)15(13)24-3)16(21)19-17-18-10-12-6-4-5-7-20(12)17/h4-10H,1-3H3,(H,18,19,21). The highest BCUT2D eigenvalue weighted by molar-refractivity contribution is 6.04. The predicted octanol–water partition coefficient (Wildman–Crippen LogP) is 2.61. The molecule has 0 atom stereocenters. The number of pyridine rings is 1. The Morgan fingerprint density at radius 3 is 2.42 bits per heavy atom. The van der Waals surface area contributed by atoms with Crippen LogP contribution >= 0.6 is 0 Å². The number of rotatable bonds is 5. The van der Waals surface area contributed by atoms with Gasteiger partial charge in [-0.1, -0.05) is 6.07 Å². The summed E-state index contributed by atoms with van der Waals surface area (Å²) >= 11 is 0. The van der Waals surface area contributed by atoms with Gasteiger partial charge >= 0.3 is 0 Å². The molecule has 0 saturated carbocycles. The van der Waals surface area contributed by atoms with Crippen molar-refractivity contribution in [2.24, 2.45) is 0 Å². The second-order valence-electron chi connectivity index (χ2n) is 4.95. The molecule has 1 amide bonds. The lowest BCUT2D eigenvalue weighted by molar-refractivity contribution is 0.102. The lowest BCUT2D eigenvalue weighted by Gasteiger charge is -2.13. The van der Waals surface area contributed by atoms with Crippen molar-refractivity contribution in [2.45, 2.75) is 0 Å². The summed E-state index contributed by atoms with van der Waals surface area (Å²) in [6.45, 7) is 0. The van der Waals surface area contributed by atoms with Crippen LogP contribution in [0.2, 0.25) is 0 Å². The third-order valence-corrected chi connectivity index (χ3v) is 3.59. The number of ether oxygens (including phenoxy) is 3. The largest absolute Gasteiger partial charge is 0.493 e. The van der Waals surface area contributed by atoms with Gasteiger partial charge in [0.05, 0.1) is 33.0 Å². The summed E-state index contributed by atoms with van der Waals surface area (Å²) in [7, 11) is 4.51. The number of benzene rings is 1. The quantitative estimate of drug-likeness (QED) is 0.780. The maximum atomic E-state index is 12.6. The number of carbonyl (C=O) groups is 1. The Morgan fingerprint density at radius 2 is 1.79 bits per heavy atom. The molecule has 0 radical (unpaired) electrons. The van der Waals surface area contributed by atoms with Gasteiger partial charge in [0.1, 0.15) is 0 Å². The van der Waals surface area contributed by atoms with Crippen LogP contribution in [0.4, 0.5) is 5.95 Å². The molecule has 0 aliphatic heterocycles. The second-order valence-corrected chi connectivity index (χ2v) is 4.95. The van der Waals surface area contributed by atoms with E-state index in [1.165, 1.54) is 21.3 Å². The molecule has 0 fully saturated rings. The highest BCUT2D eigenvalue weighted by atomic mass is 16.5. The minimum atomic E-state index is -0.328. The lowest BCUT2D eigenvalue weighted by atomic mass is 10.1. The van der Waals surface area contributed by atoms with Gasteiger partial charge in [0.15, 0.2) is 11.5 Å². The van der Waals surface area contributed by atoms with Crippen molar-refractivity contribution in [3.8, 4) is 17.2 Å². The summed E-state index contributed by atoms with van der Waals surface area (Å²) in [5, 5.41) is 2.78. The minimum absolute atomic E-state index is 0.328. The summed E-state index contributed by atoms with van der Waals surface area (Å²) in [5.74, 6) is 1.36. The zero-order chi connectivity index (χ0) is 17.1. The van der Waals surface area contributed by atoms with Crippen molar-refractivity contribution >= 4 is 17.4 Å². The number of hydrogen-bond acceptors (Lipinski definition) is 5. The molecule has 1 aromatic carbocycles. The Kier molecular flexibility index (Phi) is 4.24. The minimum Gasteiger partial charge on any atom is -0.493 e. The Bertz CT molecular complexity index is 863. The van der Waals surface area contributed by atoms with Crippen LogP contribution in [-0.4, -0.2) is 36.6 Å². The molecule has 2 aromatic heterocycles. The zero-order valence-corrected chi connectivity index (χ0v) is 13.6. The second kappa shape index (κ2) is 6.49. The molecular formula is C17H17N3O4. The summed E-state index contributed by atoms with van der Waals surface area (Å²) in [4.78, 5) is 16.8. The molecule has 24 heavy (non-hydrogen) atoms. The van der Waals surface area contributed by atoms with Gasteiger partial charge in [-0.05, 0) is 24.3 Å². The van der Waals surface area contributed by atoms with Crippen LogP contribution in [0.1, 0.15) is 10.4 Å². The van der Waals surface area contributed by atoms with Crippen molar-refractivity contribution in [1.82, 2.24) is 9.38 Å². The number of fused-ring (bicyclic) bond motifs is 1. The molecule has 0 aliphatic carbocycles. The number of methoxy groups -OCH3 is 3. The zero-order valence-electron chi connectivity index (χ0n) is 13.6. The average Bonchev–Trinajstić information content (AvgIpc) is 3.03. The van der Waals surface area contributed by atoms with E-state index in [2.05, 4.69) is 10.3 Å². The molecule has 0 saturated heterocycles. The Labute approximate surface area is 138 Å². The van der Waals surface area contributed by atoms with E-state index in [4.69, 9.17) is 14.2 Å². The van der Waals surface area contributed by atoms with Gasteiger partial charge < -0.3 is 14.2 Å². The van der Waals surface area contributed by atoms with Gasteiger partial charge in [-0.25, -0.2) is 4.98 Å². The first kappa shape index (κ1) is 15.7. The molecule has 0 unspecified atom stereocenters. The van der Waals surface area contributed by atoms with Crippen molar-refractivity contribution in [1.29, 1.82) is 0 Å². The van der Waals surface area contributed by atoms with E-state index in [1.54, 1.807) is 22.7 Å². The molecule has 124 valence electrons. The van der Waals surface area contributed by atoms with Crippen LogP contribution < -0.4 is 19.5 Å². The molecule has 7 heteroatoms. The van der Waals surface area contributed by atoms with Gasteiger partial charge in [0, 0.05) is 11.8 Å². The summed E-state index contributed by atoms with van der Waals surface area (Å²) in [6.07, 6.45) is 3.51. The van der Waals surface area contributed by atoms with E-state index in [-0.39, 0.29) is 5.91 Å². The Balaban J connectivity index is 1.95. The van der Waals surface area contributed by atoms with E-state index in [1.807, 2.05) is 24.4 Å². The summed E-state index contributed by atoms with van der Waals surface area (Å²) in [6, 6.07) is 8.85. The first-order chi connectivity index (χ1) is 11.7. The van der Waals surface area contributed by atoms with Crippen LogP contribution in [-0.2, 0) is 0 Å². The van der Waals surface area contributed by atoms with Crippen molar-refractivity contribution in [3.63, 3.8) is 0 Å². The number of nitrogens with one attached hydrogen (secondary N) is 1. The molecule has 0 aliphatic rings. The van der Waals surface area contributed by atoms with Gasteiger partial charge in [-0.3, -0.25) is 14.5 Å². The Morgan fingerprint density at radius 1 is 1.08 bits per heavy atom. The van der Waals surface area contributed by atoms with Crippen molar-refractivity contribution in [3.05, 3.63) is 48.3 Å². The topological polar surface area (TPSA) is 74.1 Å². The van der Waals surface area contributed by atoms with E-state index < -0.39 is 0 Å². The lowest BCUT2D eigenvalue weighted by Crippen LogP contribution is -2.14. The third kappa shape index (κ3) is 2.71. The van der Waals surface area contributed by atoms with Crippen LogP contribution in [0.25, 0.3) is 5.52 Å². The maximum Gasteiger partial charge on any atom is 0.258 e. The van der Waals surface area contributed by atoms with Crippen LogP contribution in [0.15, 0.2) is 42.7 Å². The fraction of sp³-hybridized carbons (Fsp3) is 0.176. The van der Waals surface area contributed by atoms with Crippen molar-refractivity contribution in [2.75, 3.05) is 26.6 Å². The molecule has 1 N–H and O–H groups in total. The third-order valence-electron chi connectivity index (χ3n) is 3.59. The monoisotopic (exact) mass is 327 g/mol. The first-order valence-electron chi connectivity index (χ1n) is 7.21. The summed E-state index contributed by atoms with van der Waals surface area (Å²) in [5.41, 5.74) is 1.26. The molecule has 0 spiro atoms. The molecule has 7 nitrogen and oxygen atoms in total. The fourth-order valence-electron chi connectivity index (χ4n) is 2.42. The molecular weight excluding hydrogens is 310 g/mol. The van der Waals surface area contributed by atoms with Gasteiger partial charge in [-0.15, -0.1) is 0 Å². The Hall–Kier alpha value is -3.22. The number of amides is 1. The SMILES string of the molecule is COc1cc(C(=O)Nc2ncc3ccccn23)cc(OC)c1OC. The van der Waals surface area contributed by atoms with Crippen molar-refractivity contribution < 1.29 is 19.0 Å². The molecule has 3 rings (SSSR count). The molecule has 2 heterocycles. The van der Waals surface area contributed by atoms with Gasteiger partial charge in [0.25, 0.3) is 5.91 Å². The number of imidazole rings is 1. The number of aromatic nitrogens is 2. The van der Waals surface area contributed by atoms with Gasteiger partial charge in [0.2, 0.25) is 11.7 Å². The number of hydrogen-bond donors (Lipinski definition) is 1. The maximum absolute atomic E-state index is 12.6. The first-order valence-corrected chi connectivity index (χ1v) is 7.21. The number of anilines is 1. The highest BCUT2D eigenvalue weighted by Gasteiger charge is 2.18. The number of carbonyl (C=O) groups excluding carboxylic acids is 1. The smallest absolute Gasteiger partial charge is 0.258 e.